The fourth-order valence-electron chi connectivity index (χ4n) is 3.18. The molecule has 6 heteroatoms. The Morgan fingerprint density at radius 1 is 1.33 bits per heavy atom. The summed E-state index contributed by atoms with van der Waals surface area (Å²) < 4.78 is 13.2. The smallest absolute Gasteiger partial charge is 0.423 e. The predicted molar refractivity (Wildman–Crippen MR) is 82.8 cm³/mol. The Kier molecular flexibility index (Phi) is 5.76. The minimum Gasteiger partial charge on any atom is -0.423 e. The fraction of sp³-hybridized carbons (Fsp3) is 0.600. The third-order valence-corrected chi connectivity index (χ3v) is 4.36. The Bertz CT molecular complexity index is 469. The molecule has 2 rings (SSSR count). The van der Waals surface area contributed by atoms with Gasteiger partial charge in [-0.3, -0.25) is 9.80 Å². The van der Waals surface area contributed by atoms with E-state index in [9.17, 15) is 14.4 Å². The van der Waals surface area contributed by atoms with Gasteiger partial charge in [-0.25, -0.2) is 4.39 Å². The zero-order chi connectivity index (χ0) is 15.4. The van der Waals surface area contributed by atoms with Crippen LogP contribution in [-0.4, -0.2) is 59.2 Å². The third kappa shape index (κ3) is 4.04. The molecule has 0 spiro atoms. The van der Waals surface area contributed by atoms with Crippen molar-refractivity contribution in [3.05, 3.63) is 29.6 Å². The molecule has 1 saturated heterocycles. The van der Waals surface area contributed by atoms with Crippen molar-refractivity contribution < 1.29 is 14.4 Å². The highest BCUT2D eigenvalue weighted by Gasteiger charge is 2.27. The first-order valence-corrected chi connectivity index (χ1v) is 7.66. The summed E-state index contributed by atoms with van der Waals surface area (Å²) in [4.78, 5) is 4.74. The first kappa shape index (κ1) is 16.4. The molecule has 2 N–H and O–H groups in total. The van der Waals surface area contributed by atoms with E-state index < -0.39 is 12.9 Å². The summed E-state index contributed by atoms with van der Waals surface area (Å²) in [7, 11) is -1.63. The second-order valence-corrected chi connectivity index (χ2v) is 5.62. The number of rotatable bonds is 6. The third-order valence-electron chi connectivity index (χ3n) is 4.36. The van der Waals surface area contributed by atoms with Crippen molar-refractivity contribution in [2.45, 2.75) is 32.9 Å². The predicted octanol–water partition coefficient (Wildman–Crippen LogP) is 0.422. The molecule has 0 saturated carbocycles. The minimum atomic E-state index is -1.63. The Hall–Kier alpha value is -0.945. The molecular weight excluding hydrogens is 270 g/mol. The van der Waals surface area contributed by atoms with Gasteiger partial charge < -0.3 is 10.0 Å². The minimum absolute atomic E-state index is 0.265. The molecule has 0 amide bonds. The van der Waals surface area contributed by atoms with E-state index in [0.717, 1.165) is 38.2 Å². The van der Waals surface area contributed by atoms with Crippen molar-refractivity contribution in [1.29, 1.82) is 0 Å². The van der Waals surface area contributed by atoms with Crippen molar-refractivity contribution in [3.8, 4) is 0 Å². The molecule has 0 aliphatic carbocycles. The van der Waals surface area contributed by atoms with Crippen LogP contribution in [0.1, 0.15) is 25.8 Å². The van der Waals surface area contributed by atoms with Gasteiger partial charge in [-0.15, -0.1) is 0 Å². The van der Waals surface area contributed by atoms with Crippen LogP contribution in [-0.2, 0) is 6.54 Å². The van der Waals surface area contributed by atoms with E-state index >= 15 is 0 Å². The first-order chi connectivity index (χ1) is 10.0. The van der Waals surface area contributed by atoms with Crippen molar-refractivity contribution >= 4 is 12.6 Å². The number of likely N-dealkylation sites (N-methyl/N-ethyl adjacent to an activating group) is 1. The highest BCUT2D eigenvalue weighted by atomic mass is 19.1. The molecule has 1 heterocycles. The van der Waals surface area contributed by atoms with Crippen LogP contribution in [0, 0.1) is 5.82 Å². The lowest BCUT2D eigenvalue weighted by atomic mass is 9.77. The average Bonchev–Trinajstić information content (AvgIpc) is 2.90. The summed E-state index contributed by atoms with van der Waals surface area (Å²) in [5, 5.41) is 18.8. The summed E-state index contributed by atoms with van der Waals surface area (Å²) in [6.45, 7) is 9.03. The highest BCUT2D eigenvalue weighted by molar-refractivity contribution is 6.59. The second kappa shape index (κ2) is 7.36. The molecule has 1 atom stereocenters. The molecule has 1 aromatic carbocycles. The van der Waals surface area contributed by atoms with E-state index in [1.165, 1.54) is 12.1 Å². The van der Waals surface area contributed by atoms with Gasteiger partial charge in [0.15, 0.2) is 0 Å². The lowest BCUT2D eigenvalue weighted by Crippen LogP contribution is -2.38. The van der Waals surface area contributed by atoms with Gasteiger partial charge in [0.25, 0.3) is 0 Å². The van der Waals surface area contributed by atoms with Crippen LogP contribution in [0.3, 0.4) is 0 Å². The van der Waals surface area contributed by atoms with Crippen LogP contribution in [0.2, 0.25) is 0 Å². The zero-order valence-corrected chi connectivity index (χ0v) is 12.8. The van der Waals surface area contributed by atoms with Crippen LogP contribution >= 0.6 is 0 Å². The lowest BCUT2D eigenvalue weighted by Gasteiger charge is -2.26. The van der Waals surface area contributed by atoms with Crippen LogP contribution < -0.4 is 5.46 Å². The van der Waals surface area contributed by atoms with E-state index in [1.54, 1.807) is 6.07 Å². The van der Waals surface area contributed by atoms with Gasteiger partial charge in [-0.1, -0.05) is 19.9 Å². The standard InChI is InChI=1S/C15H24BFN2O2/c1-3-19(4-2)14-7-8-18(11-14)10-12-5-6-13(17)9-15(12)16(20)21/h5-6,9,14,20-21H,3-4,7-8,10-11H2,1-2H3. The average molecular weight is 294 g/mol. The number of nitrogens with zero attached hydrogens (tertiary/aromatic N) is 2. The monoisotopic (exact) mass is 294 g/mol. The van der Waals surface area contributed by atoms with E-state index in [-0.39, 0.29) is 5.46 Å². The van der Waals surface area contributed by atoms with E-state index in [0.29, 0.717) is 12.6 Å². The Morgan fingerprint density at radius 2 is 2.05 bits per heavy atom. The van der Waals surface area contributed by atoms with Gasteiger partial charge in [-0.2, -0.15) is 0 Å². The van der Waals surface area contributed by atoms with E-state index in [2.05, 4.69) is 23.6 Å². The molecule has 0 aromatic heterocycles. The van der Waals surface area contributed by atoms with Crippen molar-refractivity contribution in [2.24, 2.45) is 0 Å². The van der Waals surface area contributed by atoms with Gasteiger partial charge in [0.2, 0.25) is 0 Å². The molecule has 1 aliphatic heterocycles. The summed E-state index contributed by atoms with van der Waals surface area (Å²) in [6, 6.07) is 4.79. The largest absolute Gasteiger partial charge is 0.488 e. The Balaban J connectivity index is 2.03. The van der Waals surface area contributed by atoms with E-state index in [1.807, 2.05) is 0 Å². The maximum Gasteiger partial charge on any atom is 0.488 e. The molecule has 4 nitrogen and oxygen atoms in total. The van der Waals surface area contributed by atoms with Crippen molar-refractivity contribution in [3.63, 3.8) is 0 Å². The highest BCUT2D eigenvalue weighted by Crippen LogP contribution is 2.17. The quantitative estimate of drug-likeness (QED) is 0.747. The van der Waals surface area contributed by atoms with Gasteiger partial charge in [0.1, 0.15) is 5.82 Å². The van der Waals surface area contributed by atoms with Gasteiger partial charge in [-0.05, 0) is 42.7 Å². The number of hydrogen-bond acceptors (Lipinski definition) is 4. The molecule has 0 radical (unpaired) electrons. The molecule has 1 fully saturated rings. The maximum absolute atomic E-state index is 13.2. The van der Waals surface area contributed by atoms with Crippen LogP contribution in [0.15, 0.2) is 18.2 Å². The number of halogens is 1. The summed E-state index contributed by atoms with van der Waals surface area (Å²) >= 11 is 0. The molecule has 1 aromatic rings. The van der Waals surface area contributed by atoms with Gasteiger partial charge in [0.05, 0.1) is 0 Å². The van der Waals surface area contributed by atoms with Gasteiger partial charge in [0, 0.05) is 25.7 Å². The molecular formula is C15H24BFN2O2. The summed E-state index contributed by atoms with van der Waals surface area (Å²) in [5.74, 6) is -0.440. The number of benzene rings is 1. The SMILES string of the molecule is CCN(CC)C1CCN(Cc2ccc(F)cc2B(O)O)C1. The lowest BCUT2D eigenvalue weighted by molar-refractivity contribution is 0.209. The molecule has 116 valence electrons. The normalized spacial score (nSPS) is 19.4. The van der Waals surface area contributed by atoms with Gasteiger partial charge >= 0.3 is 7.12 Å². The van der Waals surface area contributed by atoms with Crippen molar-refractivity contribution in [2.75, 3.05) is 26.2 Å². The zero-order valence-electron chi connectivity index (χ0n) is 12.8. The van der Waals surface area contributed by atoms with Crippen LogP contribution in [0.4, 0.5) is 4.39 Å². The maximum atomic E-state index is 13.2. The molecule has 1 unspecified atom stereocenters. The summed E-state index contributed by atoms with van der Waals surface area (Å²) in [6.07, 6.45) is 1.12. The van der Waals surface area contributed by atoms with Crippen molar-refractivity contribution in [1.82, 2.24) is 9.80 Å². The Morgan fingerprint density at radius 3 is 2.67 bits per heavy atom. The number of likely N-dealkylation sites (tertiary alicyclic amines) is 1. The second-order valence-electron chi connectivity index (χ2n) is 5.62. The molecule has 1 aliphatic rings. The molecule has 21 heavy (non-hydrogen) atoms. The Labute approximate surface area is 126 Å². The summed E-state index contributed by atoms with van der Waals surface area (Å²) in [5.41, 5.74) is 1.05. The van der Waals surface area contributed by atoms with E-state index in [4.69, 9.17) is 0 Å². The fourth-order valence-corrected chi connectivity index (χ4v) is 3.18. The number of hydrogen-bond donors (Lipinski definition) is 2. The molecule has 0 bridgehead atoms. The topological polar surface area (TPSA) is 46.9 Å². The van der Waals surface area contributed by atoms with Crippen LogP contribution in [0.25, 0.3) is 0 Å². The first-order valence-electron chi connectivity index (χ1n) is 7.66. The van der Waals surface area contributed by atoms with Crippen LogP contribution in [0.5, 0.6) is 0 Å².